The van der Waals surface area contributed by atoms with Gasteiger partial charge < -0.3 is 0 Å². The van der Waals surface area contributed by atoms with Gasteiger partial charge in [-0.25, -0.2) is 14.6 Å². The van der Waals surface area contributed by atoms with Crippen LogP contribution < -0.4 is 5.43 Å². The fraction of sp³-hybridized carbons (Fsp3) is 0.190. The summed E-state index contributed by atoms with van der Waals surface area (Å²) in [5.41, 5.74) is 6.16. The smallest absolute Gasteiger partial charge is 0.191 e. The molecule has 7 nitrogen and oxygen atoms in total. The molecule has 0 unspecified atom stereocenters. The maximum atomic E-state index is 6.19. The zero-order valence-electron chi connectivity index (χ0n) is 16.4. The molecule has 0 fully saturated rings. The molecule has 30 heavy (non-hydrogen) atoms. The summed E-state index contributed by atoms with van der Waals surface area (Å²) in [7, 11) is 0. The predicted octanol–water partition coefficient (Wildman–Crippen LogP) is 4.87. The van der Waals surface area contributed by atoms with E-state index in [1.807, 2.05) is 42.5 Å². The third kappa shape index (κ3) is 4.77. The molecule has 1 N–H and O–H groups in total. The fourth-order valence-corrected chi connectivity index (χ4v) is 3.66. The Morgan fingerprint density at radius 1 is 1.10 bits per heavy atom. The van der Waals surface area contributed by atoms with Gasteiger partial charge in [0, 0.05) is 16.3 Å². The highest BCUT2D eigenvalue weighted by Gasteiger charge is 2.15. The molecule has 152 valence electrons. The molecule has 0 radical (unpaired) electrons. The molecule has 2 aromatic carbocycles. The van der Waals surface area contributed by atoms with Gasteiger partial charge in [0.15, 0.2) is 22.1 Å². The van der Waals surface area contributed by atoms with Crippen molar-refractivity contribution in [1.82, 2.24) is 25.0 Å². The lowest BCUT2D eigenvalue weighted by Crippen LogP contribution is -2.04. The van der Waals surface area contributed by atoms with Crippen molar-refractivity contribution < 1.29 is 0 Å². The molecule has 2 heterocycles. The van der Waals surface area contributed by atoms with Crippen molar-refractivity contribution in [2.45, 2.75) is 25.0 Å². The lowest BCUT2D eigenvalue weighted by Gasteiger charge is -2.06. The number of nitrogens with one attached hydrogen (secondary N) is 1. The first kappa shape index (κ1) is 20.3. The van der Waals surface area contributed by atoms with Crippen LogP contribution in [-0.4, -0.2) is 36.9 Å². The van der Waals surface area contributed by atoms with E-state index in [0.29, 0.717) is 33.7 Å². The summed E-state index contributed by atoms with van der Waals surface area (Å²) in [5, 5.41) is 14.2. The number of hydrazone groups is 1. The van der Waals surface area contributed by atoms with Crippen molar-refractivity contribution in [3.8, 4) is 0 Å². The molecule has 0 spiro atoms. The predicted molar refractivity (Wildman–Crippen MR) is 122 cm³/mol. The molecular weight excluding hydrogens is 418 g/mol. The normalized spacial score (nSPS) is 11.4. The van der Waals surface area contributed by atoms with E-state index in [0.717, 1.165) is 23.3 Å². The zero-order chi connectivity index (χ0) is 20.8. The van der Waals surface area contributed by atoms with Crippen LogP contribution in [0.1, 0.15) is 24.5 Å². The van der Waals surface area contributed by atoms with Gasteiger partial charge >= 0.3 is 0 Å². The third-order valence-corrected chi connectivity index (χ3v) is 5.63. The quantitative estimate of drug-likeness (QED) is 0.183. The van der Waals surface area contributed by atoms with Crippen molar-refractivity contribution in [2.75, 3.05) is 11.2 Å². The topological polar surface area (TPSA) is 80.9 Å². The highest BCUT2D eigenvalue weighted by Crippen LogP contribution is 2.24. The molecule has 0 saturated carbocycles. The molecule has 0 atom stereocenters. The van der Waals surface area contributed by atoms with Gasteiger partial charge in [-0.05, 0) is 18.1 Å². The number of fused-ring (bicyclic) bond motifs is 1. The summed E-state index contributed by atoms with van der Waals surface area (Å²) in [6.07, 6.45) is 2.69. The Morgan fingerprint density at radius 3 is 2.70 bits per heavy atom. The summed E-state index contributed by atoms with van der Waals surface area (Å²) < 4.78 is 1.78. The van der Waals surface area contributed by atoms with E-state index in [4.69, 9.17) is 11.6 Å². The average Bonchev–Trinajstić information content (AvgIpc) is 3.17. The number of aromatic nitrogens is 5. The minimum Gasteiger partial charge on any atom is -0.259 e. The van der Waals surface area contributed by atoms with Gasteiger partial charge in [-0.2, -0.15) is 5.10 Å². The number of thioether (sulfide) groups is 1. The van der Waals surface area contributed by atoms with Crippen LogP contribution in [0.15, 0.2) is 64.9 Å². The largest absolute Gasteiger partial charge is 0.259 e. The molecule has 4 rings (SSSR count). The number of hydrogen-bond donors (Lipinski definition) is 1. The summed E-state index contributed by atoms with van der Waals surface area (Å²) in [6, 6.07) is 17.6. The Kier molecular flexibility index (Phi) is 6.56. The molecular formula is C21H20ClN7S. The van der Waals surface area contributed by atoms with Gasteiger partial charge in [0.25, 0.3) is 0 Å². The zero-order valence-corrected chi connectivity index (χ0v) is 17.9. The molecule has 9 heteroatoms. The number of hydrogen-bond acceptors (Lipinski definition) is 7. The van der Waals surface area contributed by atoms with Crippen LogP contribution in [-0.2, 0) is 6.54 Å². The van der Waals surface area contributed by atoms with Gasteiger partial charge in [-0.1, -0.05) is 84.0 Å². The standard InChI is InChI=1S/C21H20ClN7S/c1-2-12-30-21-24-19(27-23-13-16-10-6-7-11-17(16)22)18-20(25-21)29(28-26-18)14-15-8-4-3-5-9-15/h3-11,13H,2,12,14H2,1H3,(H,24,25,27)/b23-13+. The SMILES string of the molecule is CCCSc1nc(N/N=C/c2ccccc2Cl)c2nnn(Cc3ccccc3)c2n1. The Morgan fingerprint density at radius 2 is 1.90 bits per heavy atom. The van der Waals surface area contributed by atoms with Crippen molar-refractivity contribution in [3.05, 3.63) is 70.7 Å². The van der Waals surface area contributed by atoms with Crippen molar-refractivity contribution in [2.24, 2.45) is 5.10 Å². The van der Waals surface area contributed by atoms with Crippen LogP contribution >= 0.6 is 23.4 Å². The average molecular weight is 438 g/mol. The molecule has 0 aliphatic carbocycles. The minimum atomic E-state index is 0.515. The highest BCUT2D eigenvalue weighted by molar-refractivity contribution is 7.99. The monoisotopic (exact) mass is 437 g/mol. The molecule has 0 bridgehead atoms. The Bertz CT molecular complexity index is 1160. The molecule has 2 aromatic heterocycles. The summed E-state index contributed by atoms with van der Waals surface area (Å²) >= 11 is 7.79. The van der Waals surface area contributed by atoms with E-state index in [9.17, 15) is 0 Å². The second-order valence-electron chi connectivity index (χ2n) is 6.50. The van der Waals surface area contributed by atoms with Crippen LogP contribution in [0.2, 0.25) is 5.02 Å². The van der Waals surface area contributed by atoms with Crippen LogP contribution in [0.3, 0.4) is 0 Å². The first-order chi connectivity index (χ1) is 14.7. The lowest BCUT2D eigenvalue weighted by molar-refractivity contribution is 0.661. The fourth-order valence-electron chi connectivity index (χ4n) is 2.78. The summed E-state index contributed by atoms with van der Waals surface area (Å²) in [4.78, 5) is 9.28. The molecule has 0 aliphatic rings. The van der Waals surface area contributed by atoms with E-state index in [1.54, 1.807) is 22.7 Å². The van der Waals surface area contributed by atoms with Crippen LogP contribution in [0, 0.1) is 0 Å². The van der Waals surface area contributed by atoms with Crippen LogP contribution in [0.25, 0.3) is 11.2 Å². The van der Waals surface area contributed by atoms with Gasteiger partial charge in [0.05, 0.1) is 12.8 Å². The lowest BCUT2D eigenvalue weighted by atomic mass is 10.2. The number of nitrogens with zero attached hydrogens (tertiary/aromatic N) is 6. The highest BCUT2D eigenvalue weighted by atomic mass is 35.5. The Labute approximate surface area is 183 Å². The first-order valence-corrected chi connectivity index (χ1v) is 10.9. The number of benzene rings is 2. The van der Waals surface area contributed by atoms with E-state index in [1.165, 1.54) is 0 Å². The van der Waals surface area contributed by atoms with Crippen molar-refractivity contribution >= 4 is 46.6 Å². The third-order valence-electron chi connectivity index (χ3n) is 4.23. The Hall–Kier alpha value is -2.97. The van der Waals surface area contributed by atoms with Gasteiger partial charge in [-0.15, -0.1) is 5.10 Å². The van der Waals surface area contributed by atoms with Crippen LogP contribution in [0.5, 0.6) is 0 Å². The maximum Gasteiger partial charge on any atom is 0.191 e. The minimum absolute atomic E-state index is 0.515. The van der Waals surface area contributed by atoms with E-state index in [-0.39, 0.29) is 0 Å². The van der Waals surface area contributed by atoms with E-state index in [2.05, 4.69) is 49.9 Å². The number of rotatable bonds is 8. The van der Waals surface area contributed by atoms with E-state index < -0.39 is 0 Å². The van der Waals surface area contributed by atoms with E-state index >= 15 is 0 Å². The van der Waals surface area contributed by atoms with Gasteiger partial charge in [0.1, 0.15) is 0 Å². The second kappa shape index (κ2) is 9.69. The second-order valence-corrected chi connectivity index (χ2v) is 7.97. The molecule has 0 amide bonds. The summed E-state index contributed by atoms with van der Waals surface area (Å²) in [5.74, 6) is 1.44. The molecule has 0 saturated heterocycles. The summed E-state index contributed by atoms with van der Waals surface area (Å²) in [6.45, 7) is 2.70. The first-order valence-electron chi connectivity index (χ1n) is 9.56. The van der Waals surface area contributed by atoms with Crippen LogP contribution in [0.4, 0.5) is 5.82 Å². The molecule has 0 aliphatic heterocycles. The number of anilines is 1. The Balaban J connectivity index is 1.66. The number of halogens is 1. The molecule has 4 aromatic rings. The van der Waals surface area contributed by atoms with Crippen molar-refractivity contribution in [3.63, 3.8) is 0 Å². The maximum absolute atomic E-state index is 6.19. The van der Waals surface area contributed by atoms with Crippen molar-refractivity contribution in [1.29, 1.82) is 0 Å². The van der Waals surface area contributed by atoms with Gasteiger partial charge in [0.2, 0.25) is 0 Å². The van der Waals surface area contributed by atoms with Gasteiger partial charge in [-0.3, -0.25) is 5.43 Å².